The molecule has 0 fully saturated rings. The fraction of sp³-hybridized carbons (Fsp3) is 0.0455. The van der Waals surface area contributed by atoms with Crippen molar-refractivity contribution in [1.82, 2.24) is 4.98 Å². The maximum Gasteiger partial charge on any atom is 0.184 e. The van der Waals surface area contributed by atoms with Gasteiger partial charge in [0.15, 0.2) is 5.13 Å². The van der Waals surface area contributed by atoms with Gasteiger partial charge in [-0.3, -0.25) is 0 Å². The highest BCUT2D eigenvalue weighted by Crippen LogP contribution is 2.38. The fourth-order valence-electron chi connectivity index (χ4n) is 2.75. The van der Waals surface area contributed by atoms with Crippen LogP contribution in [-0.4, -0.2) is 4.98 Å². The third-order valence-electron chi connectivity index (χ3n) is 4.07. The van der Waals surface area contributed by atoms with E-state index in [2.05, 4.69) is 29.6 Å². The van der Waals surface area contributed by atoms with Crippen LogP contribution < -0.4 is 5.32 Å². The average molecular weight is 360 g/mol. The van der Waals surface area contributed by atoms with Gasteiger partial charge in [-0.2, -0.15) is 0 Å². The van der Waals surface area contributed by atoms with Gasteiger partial charge >= 0.3 is 0 Å². The summed E-state index contributed by atoms with van der Waals surface area (Å²) in [6.07, 6.45) is 0. The van der Waals surface area contributed by atoms with Crippen molar-refractivity contribution in [3.63, 3.8) is 0 Å². The van der Waals surface area contributed by atoms with Crippen LogP contribution in [0.2, 0.25) is 0 Å². The lowest BCUT2D eigenvalue weighted by molar-refractivity contribution is 0.627. The zero-order valence-electron chi connectivity index (χ0n) is 14.0. The second kappa shape index (κ2) is 7.50. The van der Waals surface area contributed by atoms with Crippen LogP contribution in [-0.2, 0) is 6.54 Å². The summed E-state index contributed by atoms with van der Waals surface area (Å²) in [7, 11) is 0. The summed E-state index contributed by atoms with van der Waals surface area (Å²) < 4.78 is 13.1. The largest absolute Gasteiger partial charge is 0.357 e. The molecule has 2 nitrogen and oxygen atoms in total. The Morgan fingerprint density at radius 1 is 0.769 bits per heavy atom. The van der Waals surface area contributed by atoms with Crippen molar-refractivity contribution < 1.29 is 4.39 Å². The Labute approximate surface area is 156 Å². The van der Waals surface area contributed by atoms with E-state index in [0.29, 0.717) is 6.54 Å². The van der Waals surface area contributed by atoms with Crippen LogP contribution in [0.15, 0.2) is 84.9 Å². The van der Waals surface area contributed by atoms with E-state index in [9.17, 15) is 4.39 Å². The van der Waals surface area contributed by atoms with E-state index in [-0.39, 0.29) is 5.82 Å². The second-order valence-electron chi connectivity index (χ2n) is 5.91. The predicted molar refractivity (Wildman–Crippen MR) is 107 cm³/mol. The fourth-order valence-corrected chi connectivity index (χ4v) is 3.74. The molecular formula is C22H17FN2S. The number of nitrogens with zero attached hydrogens (tertiary/aromatic N) is 1. The van der Waals surface area contributed by atoms with Gasteiger partial charge in [0.2, 0.25) is 0 Å². The summed E-state index contributed by atoms with van der Waals surface area (Å²) in [5.41, 5.74) is 4.24. The average Bonchev–Trinajstić information content (AvgIpc) is 3.13. The summed E-state index contributed by atoms with van der Waals surface area (Å²) in [4.78, 5) is 5.96. The van der Waals surface area contributed by atoms with Crippen molar-refractivity contribution in [1.29, 1.82) is 0 Å². The predicted octanol–water partition coefficient (Wildman–Crippen LogP) is 6.23. The quantitative estimate of drug-likeness (QED) is 0.456. The molecule has 0 radical (unpaired) electrons. The minimum Gasteiger partial charge on any atom is -0.357 e. The molecule has 0 saturated heterocycles. The molecular weight excluding hydrogens is 343 g/mol. The number of hydrogen-bond acceptors (Lipinski definition) is 3. The monoisotopic (exact) mass is 360 g/mol. The van der Waals surface area contributed by atoms with Crippen LogP contribution >= 0.6 is 11.3 Å². The number of hydrogen-bond donors (Lipinski definition) is 1. The van der Waals surface area contributed by atoms with Crippen LogP contribution in [0.5, 0.6) is 0 Å². The molecule has 4 aromatic rings. The van der Waals surface area contributed by atoms with Crippen molar-refractivity contribution in [3.05, 3.63) is 96.3 Å². The number of rotatable bonds is 5. The first-order chi connectivity index (χ1) is 12.8. The Kier molecular flexibility index (Phi) is 4.75. The first-order valence-corrected chi connectivity index (χ1v) is 9.21. The number of thiazole rings is 1. The number of halogens is 1. The molecule has 0 saturated carbocycles. The van der Waals surface area contributed by atoms with Crippen molar-refractivity contribution in [2.24, 2.45) is 0 Å². The van der Waals surface area contributed by atoms with Crippen LogP contribution in [0.4, 0.5) is 9.52 Å². The van der Waals surface area contributed by atoms with E-state index in [1.807, 2.05) is 36.4 Å². The number of nitrogens with one attached hydrogen (secondary N) is 1. The molecule has 4 heteroatoms. The van der Waals surface area contributed by atoms with Gasteiger partial charge in [0.25, 0.3) is 0 Å². The van der Waals surface area contributed by atoms with Crippen molar-refractivity contribution in [2.45, 2.75) is 6.54 Å². The summed E-state index contributed by atoms with van der Waals surface area (Å²) >= 11 is 1.63. The van der Waals surface area contributed by atoms with Gasteiger partial charge in [0, 0.05) is 12.1 Å². The van der Waals surface area contributed by atoms with Crippen LogP contribution in [0.3, 0.4) is 0 Å². The maximum atomic E-state index is 13.1. The molecule has 1 aromatic heterocycles. The van der Waals surface area contributed by atoms with E-state index < -0.39 is 0 Å². The molecule has 0 aliphatic rings. The lowest BCUT2D eigenvalue weighted by atomic mass is 10.1. The molecule has 128 valence electrons. The number of aromatic nitrogens is 1. The van der Waals surface area contributed by atoms with Gasteiger partial charge < -0.3 is 5.32 Å². The molecule has 0 aliphatic carbocycles. The molecule has 0 unspecified atom stereocenters. The molecule has 4 rings (SSSR count). The van der Waals surface area contributed by atoms with E-state index >= 15 is 0 Å². The zero-order chi connectivity index (χ0) is 17.8. The first kappa shape index (κ1) is 16.5. The molecule has 0 atom stereocenters. The first-order valence-electron chi connectivity index (χ1n) is 8.39. The molecule has 0 bridgehead atoms. The lowest BCUT2D eigenvalue weighted by Crippen LogP contribution is -1.98. The van der Waals surface area contributed by atoms with Gasteiger partial charge in [-0.25, -0.2) is 9.37 Å². The molecule has 0 amide bonds. The van der Waals surface area contributed by atoms with Gasteiger partial charge in [-0.1, -0.05) is 84.1 Å². The Morgan fingerprint density at radius 2 is 1.38 bits per heavy atom. The Morgan fingerprint density at radius 3 is 2.04 bits per heavy atom. The molecule has 1 heterocycles. The number of anilines is 1. The van der Waals surface area contributed by atoms with Crippen molar-refractivity contribution in [3.8, 4) is 21.7 Å². The number of benzene rings is 3. The van der Waals surface area contributed by atoms with Crippen LogP contribution in [0.1, 0.15) is 5.56 Å². The standard InChI is InChI=1S/C22H17FN2S/c23-19-13-11-16(12-14-19)15-24-22-25-20(17-7-3-1-4-8-17)21(26-22)18-9-5-2-6-10-18/h1-14H,15H2,(H,24,25). The minimum absolute atomic E-state index is 0.222. The topological polar surface area (TPSA) is 24.9 Å². The zero-order valence-corrected chi connectivity index (χ0v) is 14.8. The summed E-state index contributed by atoms with van der Waals surface area (Å²) in [5.74, 6) is -0.222. The molecule has 0 spiro atoms. The molecule has 26 heavy (non-hydrogen) atoms. The smallest absolute Gasteiger partial charge is 0.184 e. The minimum atomic E-state index is -0.222. The van der Waals surface area contributed by atoms with E-state index in [4.69, 9.17) is 4.98 Å². The van der Waals surface area contributed by atoms with Gasteiger partial charge in [0.1, 0.15) is 5.82 Å². The van der Waals surface area contributed by atoms with Gasteiger partial charge in [0.05, 0.1) is 10.6 Å². The molecule has 1 N–H and O–H groups in total. The lowest BCUT2D eigenvalue weighted by Gasteiger charge is -2.02. The normalized spacial score (nSPS) is 10.7. The van der Waals surface area contributed by atoms with Crippen LogP contribution in [0.25, 0.3) is 21.7 Å². The highest BCUT2D eigenvalue weighted by atomic mass is 32.1. The Balaban J connectivity index is 1.66. The molecule has 0 aliphatic heterocycles. The van der Waals surface area contributed by atoms with Gasteiger partial charge in [-0.15, -0.1) is 0 Å². The van der Waals surface area contributed by atoms with Crippen LogP contribution in [0, 0.1) is 5.82 Å². The molecule has 3 aromatic carbocycles. The third kappa shape index (κ3) is 3.65. The highest BCUT2D eigenvalue weighted by Gasteiger charge is 2.14. The Bertz CT molecular complexity index is 923. The van der Waals surface area contributed by atoms with E-state index in [1.165, 1.54) is 12.1 Å². The summed E-state index contributed by atoms with van der Waals surface area (Å²) in [6.45, 7) is 0.607. The highest BCUT2D eigenvalue weighted by molar-refractivity contribution is 7.19. The SMILES string of the molecule is Fc1ccc(CNc2nc(-c3ccccc3)c(-c3ccccc3)s2)cc1. The van der Waals surface area contributed by atoms with Crippen molar-refractivity contribution in [2.75, 3.05) is 5.32 Å². The van der Waals surface area contributed by atoms with Gasteiger partial charge in [-0.05, 0) is 23.3 Å². The summed E-state index contributed by atoms with van der Waals surface area (Å²) in [6, 6.07) is 27.0. The van der Waals surface area contributed by atoms with E-state index in [1.54, 1.807) is 23.5 Å². The summed E-state index contributed by atoms with van der Waals surface area (Å²) in [5, 5.41) is 4.22. The second-order valence-corrected chi connectivity index (χ2v) is 6.91. The van der Waals surface area contributed by atoms with E-state index in [0.717, 1.165) is 32.4 Å². The van der Waals surface area contributed by atoms with Crippen molar-refractivity contribution >= 4 is 16.5 Å². The Hall–Kier alpha value is -2.98. The maximum absolute atomic E-state index is 13.1. The third-order valence-corrected chi connectivity index (χ3v) is 5.13.